The van der Waals surface area contributed by atoms with Crippen LogP contribution < -0.4 is 10.7 Å². The van der Waals surface area contributed by atoms with Gasteiger partial charge in [-0.25, -0.2) is 5.43 Å². The molecule has 0 unspecified atom stereocenters. The van der Waals surface area contributed by atoms with Gasteiger partial charge in [-0.15, -0.1) is 0 Å². The van der Waals surface area contributed by atoms with E-state index in [-0.39, 0.29) is 22.9 Å². The van der Waals surface area contributed by atoms with Crippen molar-refractivity contribution >= 4 is 28.9 Å². The molecule has 1 heterocycles. The zero-order valence-electron chi connectivity index (χ0n) is 17.6. The van der Waals surface area contributed by atoms with Crippen LogP contribution in [0, 0.1) is 17.0 Å². The van der Waals surface area contributed by atoms with E-state index in [0.717, 1.165) is 6.42 Å². The van der Waals surface area contributed by atoms with E-state index in [9.17, 15) is 24.8 Å². The van der Waals surface area contributed by atoms with Gasteiger partial charge in [-0.3, -0.25) is 19.7 Å². The fourth-order valence-corrected chi connectivity index (χ4v) is 3.68. The van der Waals surface area contributed by atoms with Gasteiger partial charge >= 0.3 is 0 Å². The van der Waals surface area contributed by atoms with Crippen molar-refractivity contribution in [2.45, 2.75) is 26.2 Å². The lowest BCUT2D eigenvalue weighted by Crippen LogP contribution is -2.22. The molecule has 0 radical (unpaired) electrons. The first-order valence-corrected chi connectivity index (χ1v) is 10.2. The number of aromatic hydroxyl groups is 1. The lowest BCUT2D eigenvalue weighted by atomic mass is 9.93. The van der Waals surface area contributed by atoms with E-state index in [0.29, 0.717) is 41.0 Å². The molecule has 0 aliphatic heterocycles. The van der Waals surface area contributed by atoms with Gasteiger partial charge in [0.1, 0.15) is 11.5 Å². The first kappa shape index (κ1) is 21.8. The first-order valence-electron chi connectivity index (χ1n) is 10.2. The van der Waals surface area contributed by atoms with Gasteiger partial charge in [0.15, 0.2) is 5.76 Å². The summed E-state index contributed by atoms with van der Waals surface area (Å²) in [5.41, 5.74) is 4.84. The molecule has 1 aromatic heterocycles. The Hall–Kier alpha value is -4.47. The second-order valence-corrected chi connectivity index (χ2v) is 7.52. The number of anilines is 1. The van der Waals surface area contributed by atoms with E-state index in [1.165, 1.54) is 42.5 Å². The van der Waals surface area contributed by atoms with E-state index in [1.807, 2.05) is 0 Å². The van der Waals surface area contributed by atoms with Crippen LogP contribution in [0.3, 0.4) is 0 Å². The Labute approximate surface area is 188 Å². The van der Waals surface area contributed by atoms with Crippen LogP contribution in [0.25, 0.3) is 0 Å². The number of fused-ring (bicyclic) bond motifs is 1. The molecule has 4 rings (SSSR count). The lowest BCUT2D eigenvalue weighted by Gasteiger charge is -2.13. The number of rotatable bonds is 5. The number of nitro benzene ring substituents is 1. The molecule has 2 amide bonds. The molecule has 0 atom stereocenters. The number of aryl methyl sites for hydroxylation is 1. The summed E-state index contributed by atoms with van der Waals surface area (Å²) in [5, 5.41) is 27.2. The Balaban J connectivity index is 1.56. The number of furan rings is 1. The number of amides is 2. The van der Waals surface area contributed by atoms with Gasteiger partial charge < -0.3 is 14.8 Å². The van der Waals surface area contributed by atoms with E-state index < -0.39 is 16.7 Å². The van der Waals surface area contributed by atoms with Crippen molar-refractivity contribution < 1.29 is 24.0 Å². The van der Waals surface area contributed by atoms with Gasteiger partial charge in [0.2, 0.25) is 0 Å². The number of hydrazone groups is 1. The number of nitrogens with zero attached hydrogens (tertiary/aromatic N) is 2. The number of nitro groups is 1. The molecule has 0 bridgehead atoms. The minimum Gasteiger partial charge on any atom is -0.508 e. The number of carbonyl (C=O) groups excluding carboxylic acids is 2. The highest BCUT2D eigenvalue weighted by molar-refractivity contribution is 6.09. The number of hydrogen-bond donors (Lipinski definition) is 3. The molecule has 1 aliphatic carbocycles. The Morgan fingerprint density at radius 3 is 2.61 bits per heavy atom. The maximum Gasteiger partial charge on any atom is 0.291 e. The number of non-ortho nitro benzene ring substituents is 1. The normalized spacial score (nSPS) is 13.9. The topological polar surface area (TPSA) is 147 Å². The Kier molecular flexibility index (Phi) is 5.90. The Bertz CT molecular complexity index is 1280. The molecule has 2 aromatic carbocycles. The van der Waals surface area contributed by atoms with Crippen LogP contribution in [-0.4, -0.2) is 27.6 Å². The summed E-state index contributed by atoms with van der Waals surface area (Å²) in [5.74, 6) is -0.222. The summed E-state index contributed by atoms with van der Waals surface area (Å²) < 4.78 is 5.82. The minimum absolute atomic E-state index is 0.0553. The number of nitrogens with one attached hydrogen (secondary N) is 2. The number of carbonyl (C=O) groups is 2. The Morgan fingerprint density at radius 2 is 1.88 bits per heavy atom. The molecule has 10 nitrogen and oxygen atoms in total. The third-order valence-corrected chi connectivity index (χ3v) is 5.27. The smallest absolute Gasteiger partial charge is 0.291 e. The first-order chi connectivity index (χ1) is 15.8. The van der Waals surface area contributed by atoms with Crippen LogP contribution in [0.15, 0.2) is 58.0 Å². The summed E-state index contributed by atoms with van der Waals surface area (Å²) in [6.45, 7) is 1.73. The van der Waals surface area contributed by atoms with Crippen molar-refractivity contribution in [3.8, 4) is 5.75 Å². The molecule has 10 heteroatoms. The molecule has 0 saturated carbocycles. The number of benzene rings is 2. The van der Waals surface area contributed by atoms with Gasteiger partial charge in [0, 0.05) is 40.9 Å². The quantitative estimate of drug-likeness (QED) is 0.398. The minimum atomic E-state index is -0.540. The van der Waals surface area contributed by atoms with E-state index in [2.05, 4.69) is 15.8 Å². The maximum atomic E-state index is 12.8. The highest BCUT2D eigenvalue weighted by atomic mass is 16.6. The molecule has 0 saturated heterocycles. The van der Waals surface area contributed by atoms with E-state index >= 15 is 0 Å². The zero-order chi connectivity index (χ0) is 23.5. The van der Waals surface area contributed by atoms with E-state index in [1.54, 1.807) is 13.0 Å². The molecule has 0 fully saturated rings. The average Bonchev–Trinajstić information content (AvgIpc) is 3.15. The molecule has 3 N–H and O–H groups in total. The third-order valence-electron chi connectivity index (χ3n) is 5.27. The van der Waals surface area contributed by atoms with Crippen molar-refractivity contribution in [2.24, 2.45) is 5.10 Å². The largest absolute Gasteiger partial charge is 0.508 e. The summed E-state index contributed by atoms with van der Waals surface area (Å²) in [6, 6.07) is 11.4. The Morgan fingerprint density at radius 1 is 1.12 bits per heavy atom. The summed E-state index contributed by atoms with van der Waals surface area (Å²) in [6.07, 6.45) is 1.94. The van der Waals surface area contributed by atoms with Crippen LogP contribution in [-0.2, 0) is 6.42 Å². The van der Waals surface area contributed by atoms with Crippen LogP contribution in [0.2, 0.25) is 0 Å². The summed E-state index contributed by atoms with van der Waals surface area (Å²) in [7, 11) is 0. The lowest BCUT2D eigenvalue weighted by molar-refractivity contribution is -0.384. The molecule has 1 aliphatic rings. The predicted octanol–water partition coefficient (Wildman–Crippen LogP) is 3.92. The SMILES string of the molecule is Cc1c(C(=O)Nc2cccc([N+](=O)[O-])c2)oc2c1/C(=N/NC(=O)c1ccc(O)cc1)CCC2. The fourth-order valence-electron chi connectivity index (χ4n) is 3.68. The van der Waals surface area contributed by atoms with Gasteiger partial charge in [-0.2, -0.15) is 5.10 Å². The highest BCUT2D eigenvalue weighted by Crippen LogP contribution is 2.30. The molecular weight excluding hydrogens is 428 g/mol. The second kappa shape index (κ2) is 8.95. The van der Waals surface area contributed by atoms with Crippen LogP contribution in [0.1, 0.15) is 50.6 Å². The van der Waals surface area contributed by atoms with E-state index in [4.69, 9.17) is 4.42 Å². The van der Waals surface area contributed by atoms with Crippen molar-refractivity contribution in [1.82, 2.24) is 5.43 Å². The number of hydrogen-bond acceptors (Lipinski definition) is 7. The fraction of sp³-hybridized carbons (Fsp3) is 0.174. The highest BCUT2D eigenvalue weighted by Gasteiger charge is 2.28. The van der Waals surface area contributed by atoms with Crippen LogP contribution in [0.4, 0.5) is 11.4 Å². The average molecular weight is 448 g/mol. The van der Waals surface area contributed by atoms with Gasteiger partial charge in [0.25, 0.3) is 17.5 Å². The van der Waals surface area contributed by atoms with Gasteiger partial charge in [-0.05, 0) is 50.1 Å². The predicted molar refractivity (Wildman–Crippen MR) is 120 cm³/mol. The molecule has 33 heavy (non-hydrogen) atoms. The van der Waals surface area contributed by atoms with Crippen LogP contribution >= 0.6 is 0 Å². The summed E-state index contributed by atoms with van der Waals surface area (Å²) >= 11 is 0. The molecular formula is C23H20N4O6. The zero-order valence-corrected chi connectivity index (χ0v) is 17.6. The number of phenolic OH excluding ortho intramolecular Hbond substituents is 1. The molecule has 3 aromatic rings. The van der Waals surface area contributed by atoms with Crippen molar-refractivity contribution in [3.05, 3.63) is 86.9 Å². The summed E-state index contributed by atoms with van der Waals surface area (Å²) in [4.78, 5) is 35.6. The third kappa shape index (κ3) is 4.59. The maximum absolute atomic E-state index is 12.8. The molecule has 168 valence electrons. The van der Waals surface area contributed by atoms with Crippen molar-refractivity contribution in [3.63, 3.8) is 0 Å². The van der Waals surface area contributed by atoms with Gasteiger partial charge in [-0.1, -0.05) is 6.07 Å². The van der Waals surface area contributed by atoms with Gasteiger partial charge in [0.05, 0.1) is 10.6 Å². The standard InChI is InChI=1S/C23H20N4O6/c1-13-20-18(25-26-22(29)14-8-10-17(28)11-9-14)6-3-7-19(20)33-21(13)23(30)24-15-4-2-5-16(12-15)27(31)32/h2,4-5,8-12,28H,3,6-7H2,1H3,(H,24,30)(H,26,29)/b25-18+. The van der Waals surface area contributed by atoms with Crippen molar-refractivity contribution in [2.75, 3.05) is 5.32 Å². The number of phenols is 1. The van der Waals surface area contributed by atoms with Crippen LogP contribution in [0.5, 0.6) is 5.75 Å². The second-order valence-electron chi connectivity index (χ2n) is 7.52. The monoisotopic (exact) mass is 448 g/mol. The van der Waals surface area contributed by atoms with Crippen molar-refractivity contribution in [1.29, 1.82) is 0 Å². The molecule has 0 spiro atoms.